The SMILES string of the molecule is NC(CC(=O)O)C(CC(=O)O)(CC(=O)O)CC(=O)O.[NaH]. The molecule has 0 aromatic carbocycles. The second kappa shape index (κ2) is 8.90. The molecule has 110 valence electrons. The summed E-state index contributed by atoms with van der Waals surface area (Å²) in [6, 6.07) is -1.40. The van der Waals surface area contributed by atoms with E-state index >= 15 is 0 Å². The second-order valence-electron chi connectivity index (χ2n) is 4.28. The number of hydrogen-bond acceptors (Lipinski definition) is 5. The van der Waals surface area contributed by atoms with E-state index in [0.29, 0.717) is 0 Å². The molecule has 0 aliphatic carbocycles. The normalized spacial score (nSPS) is 12.1. The van der Waals surface area contributed by atoms with E-state index in [0.717, 1.165) is 0 Å². The molecule has 0 aromatic heterocycles. The summed E-state index contributed by atoms with van der Waals surface area (Å²) in [5.74, 6) is -5.69. The van der Waals surface area contributed by atoms with Crippen molar-refractivity contribution in [1.82, 2.24) is 0 Å². The van der Waals surface area contributed by atoms with Gasteiger partial charge in [0.25, 0.3) is 0 Å². The molecule has 0 spiro atoms. The van der Waals surface area contributed by atoms with E-state index in [1.54, 1.807) is 0 Å². The number of hydrogen-bond donors (Lipinski definition) is 5. The van der Waals surface area contributed by atoms with Crippen LogP contribution >= 0.6 is 0 Å². The molecular formula is C10H16NNaO8. The zero-order chi connectivity index (χ0) is 15.2. The van der Waals surface area contributed by atoms with Crippen LogP contribution in [-0.4, -0.2) is 79.9 Å². The number of carboxylic acid groups (broad SMARTS) is 4. The molecule has 0 heterocycles. The second-order valence-corrected chi connectivity index (χ2v) is 4.28. The predicted octanol–water partition coefficient (Wildman–Crippen LogP) is -1.45. The summed E-state index contributed by atoms with van der Waals surface area (Å²) < 4.78 is 0. The molecule has 10 heteroatoms. The Morgan fingerprint density at radius 2 is 1.10 bits per heavy atom. The summed E-state index contributed by atoms with van der Waals surface area (Å²) in [6.45, 7) is 0. The van der Waals surface area contributed by atoms with Crippen molar-refractivity contribution in [3.05, 3.63) is 0 Å². The average molecular weight is 301 g/mol. The maximum absolute atomic E-state index is 10.8. The van der Waals surface area contributed by atoms with E-state index in [-0.39, 0.29) is 29.6 Å². The first-order valence-electron chi connectivity index (χ1n) is 5.22. The van der Waals surface area contributed by atoms with Crippen LogP contribution in [0.15, 0.2) is 0 Å². The fourth-order valence-electron chi connectivity index (χ4n) is 1.89. The Balaban J connectivity index is 0. The topological polar surface area (TPSA) is 175 Å². The summed E-state index contributed by atoms with van der Waals surface area (Å²) in [6.07, 6.45) is -3.21. The molecule has 0 aliphatic rings. The van der Waals surface area contributed by atoms with Gasteiger partial charge in [0.1, 0.15) is 0 Å². The summed E-state index contributed by atoms with van der Waals surface area (Å²) in [5, 5.41) is 34.9. The quantitative estimate of drug-likeness (QED) is 0.319. The van der Waals surface area contributed by atoms with Gasteiger partial charge in [0.05, 0.1) is 25.7 Å². The maximum atomic E-state index is 10.8. The van der Waals surface area contributed by atoms with Crippen molar-refractivity contribution in [2.24, 2.45) is 11.1 Å². The number of nitrogens with two attached hydrogens (primary N) is 1. The first kappa shape index (κ1) is 21.1. The summed E-state index contributed by atoms with van der Waals surface area (Å²) in [7, 11) is 0. The van der Waals surface area contributed by atoms with Gasteiger partial charge < -0.3 is 26.2 Å². The zero-order valence-electron chi connectivity index (χ0n) is 9.90. The zero-order valence-corrected chi connectivity index (χ0v) is 9.90. The van der Waals surface area contributed by atoms with Gasteiger partial charge in [-0.2, -0.15) is 0 Å². The first-order chi connectivity index (χ1) is 8.59. The van der Waals surface area contributed by atoms with E-state index < -0.39 is 61.0 Å². The molecule has 1 atom stereocenters. The van der Waals surface area contributed by atoms with Gasteiger partial charge in [-0.15, -0.1) is 0 Å². The van der Waals surface area contributed by atoms with Gasteiger partial charge >= 0.3 is 53.4 Å². The minimum absolute atomic E-state index is 0. The van der Waals surface area contributed by atoms with E-state index in [9.17, 15) is 19.2 Å². The molecule has 0 saturated carbocycles. The molecule has 1 unspecified atom stereocenters. The van der Waals surface area contributed by atoms with Crippen molar-refractivity contribution in [1.29, 1.82) is 0 Å². The van der Waals surface area contributed by atoms with Gasteiger partial charge in [-0.25, -0.2) is 0 Å². The van der Waals surface area contributed by atoms with Crippen molar-refractivity contribution in [2.45, 2.75) is 31.7 Å². The summed E-state index contributed by atoms with van der Waals surface area (Å²) in [4.78, 5) is 42.9. The van der Waals surface area contributed by atoms with Gasteiger partial charge in [0, 0.05) is 11.5 Å². The molecule has 0 saturated heterocycles. The Bertz CT molecular complexity index is 356. The Morgan fingerprint density at radius 1 is 0.800 bits per heavy atom. The molecule has 0 rings (SSSR count). The number of aliphatic carboxylic acids is 4. The van der Waals surface area contributed by atoms with Crippen molar-refractivity contribution in [3.63, 3.8) is 0 Å². The minimum atomic E-state index is -1.85. The Hall–Kier alpha value is -1.16. The average Bonchev–Trinajstić information content (AvgIpc) is 2.12. The molecular weight excluding hydrogens is 285 g/mol. The predicted molar refractivity (Wildman–Crippen MR) is 66.6 cm³/mol. The van der Waals surface area contributed by atoms with Crippen LogP contribution in [-0.2, 0) is 19.2 Å². The molecule has 0 bridgehead atoms. The molecule has 0 fully saturated rings. The fourth-order valence-corrected chi connectivity index (χ4v) is 1.89. The third-order valence-corrected chi connectivity index (χ3v) is 2.69. The third kappa shape index (κ3) is 7.43. The number of carboxylic acids is 4. The standard InChI is InChI=1S/C10H15NO8.Na.H/c11-5(1-6(12)13)10(2-7(14)15,3-8(16)17)4-9(18)19;;/h5H,1-4,11H2,(H,12,13)(H,14,15)(H,16,17)(H,18,19);;. The Labute approximate surface area is 136 Å². The molecule has 9 nitrogen and oxygen atoms in total. The molecule has 0 aliphatic heterocycles. The third-order valence-electron chi connectivity index (χ3n) is 2.69. The van der Waals surface area contributed by atoms with Crippen LogP contribution in [0.4, 0.5) is 0 Å². The van der Waals surface area contributed by atoms with E-state index in [4.69, 9.17) is 26.2 Å². The van der Waals surface area contributed by atoms with Crippen molar-refractivity contribution >= 4 is 53.4 Å². The first-order valence-corrected chi connectivity index (χ1v) is 5.22. The van der Waals surface area contributed by atoms with Crippen LogP contribution in [0.3, 0.4) is 0 Å². The Kier molecular flexibility index (Phi) is 9.41. The van der Waals surface area contributed by atoms with Gasteiger partial charge in [0.15, 0.2) is 0 Å². The van der Waals surface area contributed by atoms with Crippen molar-refractivity contribution in [3.8, 4) is 0 Å². The summed E-state index contributed by atoms with van der Waals surface area (Å²) >= 11 is 0. The van der Waals surface area contributed by atoms with Crippen LogP contribution in [0.25, 0.3) is 0 Å². The molecule has 0 radical (unpaired) electrons. The van der Waals surface area contributed by atoms with Gasteiger partial charge in [-0.05, 0) is 0 Å². The Morgan fingerprint density at radius 3 is 1.30 bits per heavy atom. The van der Waals surface area contributed by atoms with Crippen LogP contribution in [0, 0.1) is 5.41 Å². The summed E-state index contributed by atoms with van der Waals surface area (Å²) in [5.41, 5.74) is 3.68. The van der Waals surface area contributed by atoms with Crippen LogP contribution in [0.2, 0.25) is 0 Å². The van der Waals surface area contributed by atoms with Crippen LogP contribution < -0.4 is 5.73 Å². The van der Waals surface area contributed by atoms with Crippen molar-refractivity contribution in [2.75, 3.05) is 0 Å². The molecule has 0 aromatic rings. The van der Waals surface area contributed by atoms with E-state index in [1.807, 2.05) is 0 Å². The molecule has 20 heavy (non-hydrogen) atoms. The van der Waals surface area contributed by atoms with Crippen molar-refractivity contribution < 1.29 is 39.6 Å². The van der Waals surface area contributed by atoms with Gasteiger partial charge in [-0.1, -0.05) is 0 Å². The fraction of sp³-hybridized carbons (Fsp3) is 0.600. The monoisotopic (exact) mass is 301 g/mol. The van der Waals surface area contributed by atoms with E-state index in [1.165, 1.54) is 0 Å². The van der Waals surface area contributed by atoms with Gasteiger partial charge in [-0.3, -0.25) is 19.2 Å². The number of rotatable bonds is 9. The van der Waals surface area contributed by atoms with Crippen LogP contribution in [0.5, 0.6) is 0 Å². The molecule has 0 amide bonds. The van der Waals surface area contributed by atoms with E-state index in [2.05, 4.69) is 0 Å². The van der Waals surface area contributed by atoms with Crippen LogP contribution in [0.1, 0.15) is 25.7 Å². The molecule has 6 N–H and O–H groups in total. The number of carbonyl (C=O) groups is 4. The van der Waals surface area contributed by atoms with Gasteiger partial charge in [0.2, 0.25) is 0 Å².